The first-order valence-corrected chi connectivity index (χ1v) is 40.8. The fourth-order valence-electron chi connectivity index (χ4n) is 19.4. The number of aryl methyl sites for hydroxylation is 16. The summed E-state index contributed by atoms with van der Waals surface area (Å²) in [4.78, 5) is 17.0. The van der Waals surface area contributed by atoms with Gasteiger partial charge in [0.25, 0.3) is 0 Å². The first-order valence-electron chi connectivity index (χ1n) is 64.8. The molecule has 0 spiro atoms. The molecule has 0 unspecified atom stereocenters. The molecule has 0 N–H and O–H groups in total. The Morgan fingerprint density at radius 3 is 0.984 bits per heavy atom. The Bertz CT molecular complexity index is 9080. The minimum absolute atomic E-state index is 0.0632. The van der Waals surface area contributed by atoms with E-state index in [-0.39, 0.29) is 123 Å². The largest absolute Gasteiger partial charge is 0.454 e. The molecular formula is C116H108N8O4+4. The van der Waals surface area contributed by atoms with E-state index in [9.17, 15) is 0 Å². The van der Waals surface area contributed by atoms with Crippen molar-refractivity contribution in [2.24, 2.45) is 28.2 Å². The van der Waals surface area contributed by atoms with Gasteiger partial charge in [0.05, 0.1) is 33.6 Å². The monoisotopic (exact) mass is 1730 g/mol. The van der Waals surface area contributed by atoms with Gasteiger partial charge >= 0.3 is 0 Å². The molecule has 12 nitrogen and oxygen atoms in total. The van der Waals surface area contributed by atoms with Crippen molar-refractivity contribution < 1.29 is 102 Å². The summed E-state index contributed by atoms with van der Waals surface area (Å²) in [5, 5.41) is 4.90. The van der Waals surface area contributed by atoms with Crippen LogP contribution in [-0.4, -0.2) is 19.9 Å². The average Bonchev–Trinajstić information content (AvgIpc) is 1.52. The second-order valence-corrected chi connectivity index (χ2v) is 33.4. The summed E-state index contributed by atoms with van der Waals surface area (Å²) in [6, 6.07) is 42.0. The summed E-state index contributed by atoms with van der Waals surface area (Å²) in [6.07, 6.45) is 13.6. The predicted molar refractivity (Wildman–Crippen MR) is 520 cm³/mol. The molecule has 0 bridgehead atoms. The van der Waals surface area contributed by atoms with Crippen molar-refractivity contribution in [1.82, 2.24) is 19.9 Å². The third-order valence-corrected chi connectivity index (χ3v) is 25.7. The van der Waals surface area contributed by atoms with Crippen molar-refractivity contribution in [1.29, 1.82) is 0 Å². The van der Waals surface area contributed by atoms with Crippen LogP contribution in [0.5, 0.6) is 0 Å². The number of furan rings is 4. The maximum Gasteiger partial charge on any atom is 0.216 e. The Hall–Kier alpha value is -13.8. The minimum Gasteiger partial charge on any atom is -0.454 e. The van der Waals surface area contributed by atoms with Crippen molar-refractivity contribution in [3.8, 4) is 89.7 Å². The van der Waals surface area contributed by atoms with Gasteiger partial charge in [0, 0.05) is 248 Å². The molecule has 0 saturated carbocycles. The summed E-state index contributed by atoms with van der Waals surface area (Å²) >= 11 is 0. The van der Waals surface area contributed by atoms with Crippen molar-refractivity contribution in [3.05, 3.63) is 331 Å². The van der Waals surface area contributed by atoms with Crippen LogP contribution in [0.3, 0.4) is 0 Å². The van der Waals surface area contributed by atoms with Crippen LogP contribution in [0.15, 0.2) is 237 Å². The van der Waals surface area contributed by atoms with Crippen LogP contribution in [0.4, 0.5) is 0 Å². The molecule has 0 saturated heterocycles. The molecule has 4 aliphatic rings. The molecular weight excluding hydrogens is 1570 g/mol. The molecule has 0 aliphatic heterocycles. The minimum atomic E-state index is -2.99. The highest BCUT2D eigenvalue weighted by Crippen LogP contribution is 2.58. The number of fused-ring (bicyclic) bond motifs is 28. The first-order chi connectivity index (χ1) is 80.8. The van der Waals surface area contributed by atoms with Gasteiger partial charge < -0.3 is 17.7 Å². The lowest BCUT2D eigenvalue weighted by Gasteiger charge is -2.20. The lowest BCUT2D eigenvalue weighted by molar-refractivity contribution is -0.660. The van der Waals surface area contributed by atoms with Crippen molar-refractivity contribution in [3.63, 3.8) is 0 Å². The summed E-state index contributed by atoms with van der Waals surface area (Å²) in [5.74, 6) is 0. The van der Waals surface area contributed by atoms with E-state index in [0.717, 1.165) is 0 Å². The van der Waals surface area contributed by atoms with Crippen LogP contribution >= 0.6 is 0 Å². The molecule has 24 rings (SSSR count). The van der Waals surface area contributed by atoms with Crippen LogP contribution in [0.25, 0.3) is 177 Å². The van der Waals surface area contributed by atoms with Crippen LogP contribution < -0.4 is 18.3 Å². The SMILES string of the molecule is [2H]C([2H])([2H])c1cc(-c2c(C)ccc3c2oc2c4c(ccc23)C(C([2H])([2H])[2H])(C([2H])([2H])[2H])c2cccnc2-4)[n+](C)cc1C([2H])([2H])[2H].[2H]C([2H])([2H])c1cc(-c2c(C)ccc3c2oc2c4c(ccc23)C(C([2H])([2H])[2H])(C([2H])([2H])[2H])c2ccncc2-4)[n+](C)cc1C([2H])([2H])[2H].[2H]C([2H])([2H])c1cc(-c2c(C)ccc3c2oc2c4c(ccc23)C(C([2H])([2H])[2H])(C([2H])([2H])[2H])c2cnccc2-4)[n+](C)cc1C([2H])([2H])[2H].[2H]C([2H])([2H])c1cc(-c2c(C)ccc3c2oc2c4c(ccc23)C(C([2H])([2H])[2H])(C([2H])([2H])[2H])c2ncccc2-4)[n+](C)cc1C([2H])([2H])[2H]. The van der Waals surface area contributed by atoms with E-state index in [1.807, 2.05) is 76.2 Å². The van der Waals surface area contributed by atoms with Gasteiger partial charge in [-0.1, -0.05) is 164 Å². The van der Waals surface area contributed by atoms with Gasteiger partial charge in [0.15, 0.2) is 24.8 Å². The van der Waals surface area contributed by atoms with Gasteiger partial charge in [0.1, 0.15) is 72.9 Å². The van der Waals surface area contributed by atoms with Gasteiger partial charge in [-0.2, -0.15) is 0 Å². The quantitative estimate of drug-likeness (QED) is 0.160. The Kier molecular flexibility index (Phi) is 9.93. The maximum atomic E-state index is 8.47. The van der Waals surface area contributed by atoms with E-state index in [2.05, 4.69) is 19.9 Å². The summed E-state index contributed by atoms with van der Waals surface area (Å²) in [5.41, 5.74) is 0.160. The fourth-order valence-corrected chi connectivity index (χ4v) is 19.4. The Morgan fingerprint density at radius 1 is 0.258 bits per heavy atom. The van der Waals surface area contributed by atoms with Gasteiger partial charge in [-0.25, -0.2) is 18.3 Å². The molecule has 8 aromatic carbocycles. The lowest BCUT2D eigenvalue weighted by Crippen LogP contribution is -2.31. The molecule has 12 heteroatoms. The molecule has 0 atom stereocenters. The number of hydrogen-bond donors (Lipinski definition) is 0. The van der Waals surface area contributed by atoms with Crippen molar-refractivity contribution in [2.45, 2.75) is 159 Å². The maximum absolute atomic E-state index is 8.47. The van der Waals surface area contributed by atoms with E-state index in [4.69, 9.17) is 83.5 Å². The van der Waals surface area contributed by atoms with Crippen LogP contribution in [0.1, 0.15) is 232 Å². The number of aromatic nitrogens is 8. The van der Waals surface area contributed by atoms with E-state index in [1.165, 1.54) is 129 Å². The number of pyridine rings is 8. The van der Waals surface area contributed by atoms with Crippen LogP contribution in [-0.2, 0) is 49.9 Å². The zero-order valence-electron chi connectivity index (χ0n) is 118. The molecule has 4 aliphatic carbocycles. The Labute approximate surface area is 815 Å². The Morgan fingerprint density at radius 2 is 0.578 bits per heavy atom. The Balaban J connectivity index is 0.000000132. The lowest BCUT2D eigenvalue weighted by atomic mass is 9.82. The molecule has 0 radical (unpaired) electrons. The predicted octanol–water partition coefficient (Wildman–Crippen LogP) is 26.8. The second-order valence-electron chi connectivity index (χ2n) is 33.4. The fraction of sp³-hybridized carbons (Fsp3) is 0.241. The third kappa shape index (κ3) is 11.8. The highest BCUT2D eigenvalue weighted by molar-refractivity contribution is 6.19. The standard InChI is InChI=1S/4C29H27N2O/c1-16-7-8-19-20-9-10-23-26(21-14-30-12-11-22(21)29(23,4)5)28(20)32-27(19)25(16)24-13-17(2)18(3)15-31(24)6;1-16-7-8-19-20-9-10-22-26(21-11-12-30-14-23(21)29(22,4)5)28(20)32-27(19)25(16)24-13-17(2)18(3)15-31(24)6;1-16-9-10-19-20-11-12-21-25(26-22(29(21,4)5)8-7-13-30-26)28(20)32-27(19)24(16)23-14-17(2)18(3)15-31(23)6;1-16-9-10-19-20-11-12-22-25(21-8-7-13-30-28(21)29(22,4)5)27(20)32-26(19)24(16)23-14-17(2)18(3)15-31(23)6/h4*7-15H,1-6H3/q4*+1/i4*2D3,3D3,4D3,5D3. The second kappa shape index (κ2) is 28.8. The molecule has 0 amide bonds. The summed E-state index contributed by atoms with van der Waals surface area (Å²) in [7, 11) is 6.48. The van der Waals surface area contributed by atoms with E-state index >= 15 is 0 Å². The summed E-state index contributed by atoms with van der Waals surface area (Å²) < 4.78 is 428. The van der Waals surface area contributed by atoms with E-state index < -0.39 is 131 Å². The molecule has 12 heterocycles. The van der Waals surface area contributed by atoms with E-state index in [0.29, 0.717) is 166 Å². The molecule has 128 heavy (non-hydrogen) atoms. The van der Waals surface area contributed by atoms with Gasteiger partial charge in [0.2, 0.25) is 22.8 Å². The smallest absolute Gasteiger partial charge is 0.216 e. The van der Waals surface area contributed by atoms with Gasteiger partial charge in [-0.15, -0.1) is 0 Å². The van der Waals surface area contributed by atoms with Crippen molar-refractivity contribution in [2.75, 3.05) is 0 Å². The van der Waals surface area contributed by atoms with Gasteiger partial charge in [-0.3, -0.25) is 19.9 Å². The molecule has 0 fully saturated rings. The molecule has 20 aromatic rings. The zero-order valence-corrected chi connectivity index (χ0v) is 70.0. The summed E-state index contributed by atoms with van der Waals surface area (Å²) in [6.45, 7) is -38.0. The van der Waals surface area contributed by atoms with Crippen LogP contribution in [0.2, 0.25) is 0 Å². The number of hydrogen-bond acceptors (Lipinski definition) is 8. The topological polar surface area (TPSA) is 120 Å². The first kappa shape index (κ1) is 44.1. The van der Waals surface area contributed by atoms with E-state index in [1.54, 1.807) is 88.9 Å². The average molecular weight is 1730 g/mol. The third-order valence-electron chi connectivity index (χ3n) is 25.7. The number of nitrogens with zero attached hydrogens (tertiary/aromatic N) is 8. The van der Waals surface area contributed by atoms with Gasteiger partial charge in [-0.05, 0) is 196 Å². The number of rotatable bonds is 4. The van der Waals surface area contributed by atoms with Crippen LogP contribution in [0, 0.1) is 82.5 Å². The highest BCUT2D eigenvalue weighted by atomic mass is 16.3. The van der Waals surface area contributed by atoms with Crippen molar-refractivity contribution >= 4 is 87.8 Å². The normalized spacial score (nSPS) is 21.3. The zero-order chi connectivity index (χ0) is 129. The molecule has 12 aromatic heterocycles. The highest BCUT2D eigenvalue weighted by Gasteiger charge is 2.44. The number of benzene rings is 8. The molecule has 632 valence electrons.